The molecule has 0 aliphatic heterocycles. The molecule has 0 spiro atoms. The summed E-state index contributed by atoms with van der Waals surface area (Å²) in [6.07, 6.45) is 8.79. The van der Waals surface area contributed by atoms with Crippen molar-refractivity contribution in [1.82, 2.24) is 0 Å². The van der Waals surface area contributed by atoms with E-state index >= 15 is 0 Å². The summed E-state index contributed by atoms with van der Waals surface area (Å²) in [4.78, 5) is 0. The van der Waals surface area contributed by atoms with E-state index in [9.17, 15) is 0 Å². The smallest absolute Gasteiger partial charge is 0.0701 e. The predicted octanol–water partition coefficient (Wildman–Crippen LogP) is 3.87. The summed E-state index contributed by atoms with van der Waals surface area (Å²) < 4.78 is 38.1. The van der Waals surface area contributed by atoms with Gasteiger partial charge in [-0.15, -0.1) is 0 Å². The molecule has 0 aliphatic carbocycles. The molecule has 0 aromatic carbocycles. The highest BCUT2D eigenvalue weighted by molar-refractivity contribution is 4.43. The van der Waals surface area contributed by atoms with Gasteiger partial charge in [-0.25, -0.2) is 0 Å². The largest absolute Gasteiger partial charge is 0.379 e. The van der Waals surface area contributed by atoms with Gasteiger partial charge in [-0.1, -0.05) is 46.0 Å². The second-order valence-corrected chi connectivity index (χ2v) is 7.05. The maximum atomic E-state index is 5.56. The fourth-order valence-corrected chi connectivity index (χ4v) is 2.55. The van der Waals surface area contributed by atoms with Gasteiger partial charge in [0.25, 0.3) is 0 Å². The lowest BCUT2D eigenvalue weighted by molar-refractivity contribution is -0.0205. The van der Waals surface area contributed by atoms with Crippen molar-refractivity contribution in [3.8, 4) is 0 Å². The van der Waals surface area contributed by atoms with Crippen LogP contribution < -0.4 is 0 Å². The van der Waals surface area contributed by atoms with Crippen LogP contribution in [0.1, 0.15) is 58.8 Å². The number of hydrogen-bond acceptors (Lipinski definition) is 7. The average molecular weight is 437 g/mol. The van der Waals surface area contributed by atoms with Gasteiger partial charge in [-0.05, 0) is 12.8 Å². The first kappa shape index (κ1) is 29.7. The Morgan fingerprint density at radius 1 is 0.267 bits per heavy atom. The lowest BCUT2D eigenvalue weighted by Crippen LogP contribution is -2.14. The molecular formula is C23H48O7. The van der Waals surface area contributed by atoms with Crippen LogP contribution in [0.5, 0.6) is 0 Å². The maximum Gasteiger partial charge on any atom is 0.0701 e. The van der Waals surface area contributed by atoms with E-state index in [1.807, 2.05) is 0 Å². The third kappa shape index (κ3) is 27.7. The van der Waals surface area contributed by atoms with Crippen LogP contribution in [-0.2, 0) is 33.2 Å². The fraction of sp³-hybridized carbons (Fsp3) is 1.00. The molecule has 0 N–H and O–H groups in total. The van der Waals surface area contributed by atoms with Crippen molar-refractivity contribution in [2.45, 2.75) is 58.8 Å². The van der Waals surface area contributed by atoms with E-state index in [-0.39, 0.29) is 0 Å². The Kier molecular flexibility index (Phi) is 28.5. The molecule has 0 heterocycles. The summed E-state index contributed by atoms with van der Waals surface area (Å²) >= 11 is 0. The molecule has 0 aliphatic rings. The third-order valence-corrected chi connectivity index (χ3v) is 4.22. The highest BCUT2D eigenvalue weighted by atomic mass is 16.6. The Morgan fingerprint density at radius 3 is 0.933 bits per heavy atom. The van der Waals surface area contributed by atoms with Gasteiger partial charge in [0.2, 0.25) is 0 Å². The molecule has 7 heteroatoms. The van der Waals surface area contributed by atoms with Crippen LogP contribution in [0.3, 0.4) is 0 Å². The van der Waals surface area contributed by atoms with Crippen LogP contribution in [0.25, 0.3) is 0 Å². The van der Waals surface area contributed by atoms with E-state index in [0.29, 0.717) is 79.3 Å². The van der Waals surface area contributed by atoms with Crippen molar-refractivity contribution in [2.24, 2.45) is 0 Å². The number of rotatable bonds is 27. The number of unbranched alkanes of at least 4 members (excludes halogenated alkanes) is 5. The monoisotopic (exact) mass is 436 g/mol. The zero-order valence-electron chi connectivity index (χ0n) is 19.7. The second-order valence-electron chi connectivity index (χ2n) is 7.05. The van der Waals surface area contributed by atoms with E-state index in [2.05, 4.69) is 13.8 Å². The quantitative estimate of drug-likeness (QED) is 0.181. The SMILES string of the molecule is CCCCCCCCOCCOCCOCCOCCOCCOCCOCCC. The summed E-state index contributed by atoms with van der Waals surface area (Å²) in [7, 11) is 0. The lowest BCUT2D eigenvalue weighted by Gasteiger charge is -2.08. The number of ether oxygens (including phenoxy) is 7. The zero-order chi connectivity index (χ0) is 21.8. The molecule has 182 valence electrons. The highest BCUT2D eigenvalue weighted by Gasteiger charge is 1.95. The second kappa shape index (κ2) is 28.7. The highest BCUT2D eigenvalue weighted by Crippen LogP contribution is 2.04. The minimum Gasteiger partial charge on any atom is -0.379 e. The van der Waals surface area contributed by atoms with Crippen LogP contribution in [-0.4, -0.2) is 92.5 Å². The van der Waals surface area contributed by atoms with Gasteiger partial charge in [-0.2, -0.15) is 0 Å². The molecule has 0 unspecified atom stereocenters. The fourth-order valence-electron chi connectivity index (χ4n) is 2.55. The maximum absolute atomic E-state index is 5.56. The zero-order valence-corrected chi connectivity index (χ0v) is 19.7. The average Bonchev–Trinajstić information content (AvgIpc) is 2.76. The van der Waals surface area contributed by atoms with Crippen molar-refractivity contribution < 1.29 is 33.2 Å². The molecule has 0 radical (unpaired) electrons. The Labute approximate surface area is 185 Å². The van der Waals surface area contributed by atoms with Crippen LogP contribution >= 0.6 is 0 Å². The van der Waals surface area contributed by atoms with Crippen LogP contribution in [0.4, 0.5) is 0 Å². The van der Waals surface area contributed by atoms with Gasteiger partial charge in [0.05, 0.1) is 79.3 Å². The Bertz CT molecular complexity index is 265. The van der Waals surface area contributed by atoms with E-state index in [0.717, 1.165) is 26.1 Å². The van der Waals surface area contributed by atoms with Crippen LogP contribution in [0, 0.1) is 0 Å². The Balaban J connectivity index is 2.97. The van der Waals surface area contributed by atoms with E-state index in [1.54, 1.807) is 0 Å². The van der Waals surface area contributed by atoms with Crippen LogP contribution in [0.15, 0.2) is 0 Å². The topological polar surface area (TPSA) is 64.6 Å². The van der Waals surface area contributed by atoms with Gasteiger partial charge >= 0.3 is 0 Å². The predicted molar refractivity (Wildman–Crippen MR) is 119 cm³/mol. The van der Waals surface area contributed by atoms with Gasteiger partial charge in [-0.3, -0.25) is 0 Å². The number of hydrogen-bond donors (Lipinski definition) is 0. The van der Waals surface area contributed by atoms with Gasteiger partial charge < -0.3 is 33.2 Å². The minimum atomic E-state index is 0.565. The summed E-state index contributed by atoms with van der Waals surface area (Å²) in [5.74, 6) is 0. The first-order chi connectivity index (χ1) is 14.9. The molecule has 7 nitrogen and oxygen atoms in total. The summed E-state index contributed by atoms with van der Waals surface area (Å²) in [5, 5.41) is 0. The van der Waals surface area contributed by atoms with Crippen molar-refractivity contribution in [3.05, 3.63) is 0 Å². The lowest BCUT2D eigenvalue weighted by atomic mass is 10.1. The molecule has 30 heavy (non-hydrogen) atoms. The Hall–Kier alpha value is -0.280. The molecule has 0 saturated heterocycles. The van der Waals surface area contributed by atoms with Gasteiger partial charge in [0.1, 0.15) is 0 Å². The molecule has 0 atom stereocenters. The van der Waals surface area contributed by atoms with Crippen molar-refractivity contribution in [1.29, 1.82) is 0 Å². The molecule has 0 bridgehead atoms. The molecule has 0 amide bonds. The van der Waals surface area contributed by atoms with E-state index in [4.69, 9.17) is 33.2 Å². The third-order valence-electron chi connectivity index (χ3n) is 4.22. The standard InChI is InChI=1S/C23H48O7/c1-3-5-6-7-8-9-11-25-13-15-27-17-19-29-21-23-30-22-20-28-18-16-26-14-12-24-10-4-2/h3-23H2,1-2H3. The molecular weight excluding hydrogens is 388 g/mol. The van der Waals surface area contributed by atoms with E-state index < -0.39 is 0 Å². The van der Waals surface area contributed by atoms with Gasteiger partial charge in [0, 0.05) is 13.2 Å². The Morgan fingerprint density at radius 2 is 0.567 bits per heavy atom. The van der Waals surface area contributed by atoms with Gasteiger partial charge in [0.15, 0.2) is 0 Å². The molecule has 0 aromatic heterocycles. The van der Waals surface area contributed by atoms with E-state index in [1.165, 1.54) is 32.1 Å². The normalized spacial score (nSPS) is 11.4. The summed E-state index contributed by atoms with van der Waals surface area (Å²) in [6.45, 7) is 13.1. The van der Waals surface area contributed by atoms with Crippen molar-refractivity contribution in [3.63, 3.8) is 0 Å². The summed E-state index contributed by atoms with van der Waals surface area (Å²) in [6, 6.07) is 0. The summed E-state index contributed by atoms with van der Waals surface area (Å²) in [5.41, 5.74) is 0. The van der Waals surface area contributed by atoms with Crippen molar-refractivity contribution >= 4 is 0 Å². The van der Waals surface area contributed by atoms with Crippen LogP contribution in [0.2, 0.25) is 0 Å². The molecule has 0 fully saturated rings. The molecule has 0 aromatic rings. The molecule has 0 rings (SSSR count). The minimum absolute atomic E-state index is 0.565. The first-order valence-electron chi connectivity index (χ1n) is 12.0. The molecule has 0 saturated carbocycles. The first-order valence-corrected chi connectivity index (χ1v) is 12.0. The van der Waals surface area contributed by atoms with Crippen molar-refractivity contribution in [2.75, 3.05) is 92.5 Å².